The van der Waals surface area contributed by atoms with E-state index in [-0.39, 0.29) is 0 Å². The first kappa shape index (κ1) is 17.1. The average Bonchev–Trinajstić information content (AvgIpc) is 3.16. The second-order valence-corrected chi connectivity index (χ2v) is 6.72. The van der Waals surface area contributed by atoms with Crippen molar-refractivity contribution in [2.75, 3.05) is 0 Å². The van der Waals surface area contributed by atoms with Gasteiger partial charge in [-0.2, -0.15) is 0 Å². The van der Waals surface area contributed by atoms with E-state index in [1.165, 1.54) is 70.8 Å². The molecule has 1 heterocycles. The average molecular weight is 301 g/mol. The number of nitrogens with zero attached hydrogens (tertiary/aromatic N) is 2. The molecule has 2 nitrogen and oxygen atoms in total. The number of hydrogen-bond donors (Lipinski definition) is 0. The predicted molar refractivity (Wildman–Crippen MR) is 93.5 cm³/mol. The maximum atomic E-state index is 2.33. The minimum atomic E-state index is 0.738. The number of rotatable bonds is 12. The fraction of sp³-hybridized carbons (Fsp3) is 0.650. The number of imidazole rings is 1. The lowest BCUT2D eigenvalue weighted by atomic mass is 10.0. The van der Waals surface area contributed by atoms with Crippen molar-refractivity contribution in [3.63, 3.8) is 0 Å². The molecule has 0 saturated carbocycles. The van der Waals surface area contributed by atoms with Gasteiger partial charge in [0.1, 0.15) is 12.4 Å². The SMILES string of the molecule is C[n+]1ccn(CCCCCCCCCCCC2C=CC=C2)c1. The lowest BCUT2D eigenvalue weighted by molar-refractivity contribution is -0.671. The third kappa shape index (κ3) is 7.11. The van der Waals surface area contributed by atoms with Crippen LogP contribution in [-0.2, 0) is 13.6 Å². The van der Waals surface area contributed by atoms with Crippen molar-refractivity contribution in [2.45, 2.75) is 70.8 Å². The van der Waals surface area contributed by atoms with Gasteiger partial charge < -0.3 is 0 Å². The summed E-state index contributed by atoms with van der Waals surface area (Å²) in [6.07, 6.45) is 29.4. The van der Waals surface area contributed by atoms with Crippen molar-refractivity contribution in [3.05, 3.63) is 43.0 Å². The fourth-order valence-electron chi connectivity index (χ4n) is 3.22. The quantitative estimate of drug-likeness (QED) is 0.381. The number of unbranched alkanes of at least 4 members (excludes halogenated alkanes) is 8. The second kappa shape index (κ2) is 10.4. The summed E-state index contributed by atoms with van der Waals surface area (Å²) in [6.45, 7) is 1.17. The Kier molecular flexibility index (Phi) is 8.08. The summed E-state index contributed by atoms with van der Waals surface area (Å²) in [6, 6.07) is 0. The van der Waals surface area contributed by atoms with Gasteiger partial charge in [0.15, 0.2) is 0 Å². The predicted octanol–water partition coefficient (Wildman–Crippen LogP) is 4.96. The highest BCUT2D eigenvalue weighted by Crippen LogP contribution is 2.18. The summed E-state index contributed by atoms with van der Waals surface area (Å²) in [5.74, 6) is 0.738. The van der Waals surface area contributed by atoms with Gasteiger partial charge in [-0.3, -0.25) is 0 Å². The molecule has 122 valence electrons. The molecule has 0 saturated heterocycles. The molecule has 1 aromatic rings. The van der Waals surface area contributed by atoms with Crippen molar-refractivity contribution in [2.24, 2.45) is 13.0 Å². The highest BCUT2D eigenvalue weighted by atomic mass is 15.1. The Bertz CT molecular complexity index is 444. The molecule has 22 heavy (non-hydrogen) atoms. The van der Waals surface area contributed by atoms with E-state index in [4.69, 9.17) is 0 Å². The lowest BCUT2D eigenvalue weighted by Gasteiger charge is -2.05. The first-order valence-corrected chi connectivity index (χ1v) is 9.20. The molecule has 1 aliphatic rings. The molecule has 2 heteroatoms. The van der Waals surface area contributed by atoms with E-state index in [0.29, 0.717) is 0 Å². The van der Waals surface area contributed by atoms with Crippen LogP contribution in [0.4, 0.5) is 0 Å². The van der Waals surface area contributed by atoms with Crippen molar-refractivity contribution >= 4 is 0 Å². The monoisotopic (exact) mass is 301 g/mol. The Hall–Kier alpha value is -1.31. The van der Waals surface area contributed by atoms with Crippen LogP contribution in [0.3, 0.4) is 0 Å². The third-order valence-corrected chi connectivity index (χ3v) is 4.61. The summed E-state index contributed by atoms with van der Waals surface area (Å²) in [4.78, 5) is 0. The van der Waals surface area contributed by atoms with Crippen LogP contribution in [0.1, 0.15) is 64.2 Å². The molecule has 0 radical (unpaired) electrons. The molecule has 0 unspecified atom stereocenters. The Balaban J connectivity index is 1.31. The van der Waals surface area contributed by atoms with Gasteiger partial charge in [0, 0.05) is 0 Å². The van der Waals surface area contributed by atoms with Gasteiger partial charge in [0.2, 0.25) is 6.33 Å². The summed E-state index contributed by atoms with van der Waals surface area (Å²) in [7, 11) is 2.08. The van der Waals surface area contributed by atoms with Crippen LogP contribution in [0.25, 0.3) is 0 Å². The van der Waals surface area contributed by atoms with E-state index >= 15 is 0 Å². The smallest absolute Gasteiger partial charge is 0.240 e. The first-order valence-electron chi connectivity index (χ1n) is 9.20. The molecule has 0 amide bonds. The molecule has 0 bridgehead atoms. The molecule has 0 spiro atoms. The maximum Gasteiger partial charge on any atom is 0.243 e. The highest BCUT2D eigenvalue weighted by molar-refractivity contribution is 5.17. The van der Waals surface area contributed by atoms with Crippen molar-refractivity contribution in [1.82, 2.24) is 4.57 Å². The number of aromatic nitrogens is 2. The van der Waals surface area contributed by atoms with Crippen LogP contribution in [0.15, 0.2) is 43.0 Å². The summed E-state index contributed by atoms with van der Waals surface area (Å²) >= 11 is 0. The van der Waals surface area contributed by atoms with Crippen LogP contribution in [0.2, 0.25) is 0 Å². The van der Waals surface area contributed by atoms with Crippen LogP contribution in [0, 0.1) is 5.92 Å². The Morgan fingerprint density at radius 1 is 0.818 bits per heavy atom. The molecule has 0 N–H and O–H groups in total. The molecule has 0 aromatic carbocycles. The number of allylic oxidation sites excluding steroid dienone is 4. The Morgan fingerprint density at radius 2 is 1.41 bits per heavy atom. The maximum absolute atomic E-state index is 2.33. The van der Waals surface area contributed by atoms with Crippen LogP contribution >= 0.6 is 0 Å². The zero-order chi connectivity index (χ0) is 15.5. The fourth-order valence-corrected chi connectivity index (χ4v) is 3.22. The van der Waals surface area contributed by atoms with Crippen molar-refractivity contribution in [3.8, 4) is 0 Å². The highest BCUT2D eigenvalue weighted by Gasteiger charge is 2.02. The molecule has 0 fully saturated rings. The van der Waals surface area contributed by atoms with Gasteiger partial charge >= 0.3 is 0 Å². The van der Waals surface area contributed by atoms with E-state index in [2.05, 4.69) is 59.2 Å². The van der Waals surface area contributed by atoms with Gasteiger partial charge in [0.25, 0.3) is 0 Å². The van der Waals surface area contributed by atoms with Gasteiger partial charge in [-0.25, -0.2) is 9.13 Å². The molecule has 2 rings (SSSR count). The molecular weight excluding hydrogens is 268 g/mol. The zero-order valence-electron chi connectivity index (χ0n) is 14.3. The summed E-state index contributed by atoms with van der Waals surface area (Å²) in [5, 5.41) is 0. The van der Waals surface area contributed by atoms with Crippen LogP contribution in [0.5, 0.6) is 0 Å². The molecular formula is C20H33N2+. The largest absolute Gasteiger partial charge is 0.243 e. The van der Waals surface area contributed by atoms with Gasteiger partial charge in [-0.1, -0.05) is 69.2 Å². The minimum Gasteiger partial charge on any atom is -0.240 e. The lowest BCUT2D eigenvalue weighted by Crippen LogP contribution is -2.23. The number of hydrogen-bond acceptors (Lipinski definition) is 0. The normalized spacial score (nSPS) is 14.2. The van der Waals surface area contributed by atoms with Gasteiger partial charge in [-0.05, 0) is 25.2 Å². The van der Waals surface area contributed by atoms with Gasteiger partial charge in [0.05, 0.1) is 13.6 Å². The summed E-state index contributed by atoms with van der Waals surface area (Å²) in [5.41, 5.74) is 0. The van der Waals surface area contributed by atoms with Crippen molar-refractivity contribution < 1.29 is 4.57 Å². The molecule has 1 aliphatic carbocycles. The van der Waals surface area contributed by atoms with E-state index in [1.807, 2.05) is 0 Å². The molecule has 1 aromatic heterocycles. The topological polar surface area (TPSA) is 8.81 Å². The van der Waals surface area contributed by atoms with E-state index in [0.717, 1.165) is 5.92 Å². The van der Waals surface area contributed by atoms with E-state index in [1.54, 1.807) is 0 Å². The Labute approximate surface area is 136 Å². The molecule has 0 atom stereocenters. The molecule has 0 aliphatic heterocycles. The van der Waals surface area contributed by atoms with Crippen LogP contribution in [-0.4, -0.2) is 4.57 Å². The third-order valence-electron chi connectivity index (χ3n) is 4.61. The zero-order valence-corrected chi connectivity index (χ0v) is 14.3. The standard InChI is InChI=1S/C20H33N2/c1-21-17-18-22(19-21)16-12-8-6-4-2-3-5-7-9-13-20-14-10-11-15-20/h10-11,14-15,17-20H,2-9,12-13,16H2,1H3/q+1. The number of aryl methyl sites for hydroxylation is 2. The second-order valence-electron chi connectivity index (χ2n) is 6.72. The Morgan fingerprint density at radius 3 is 2.00 bits per heavy atom. The first-order chi connectivity index (χ1) is 10.8. The van der Waals surface area contributed by atoms with Crippen molar-refractivity contribution in [1.29, 1.82) is 0 Å². The van der Waals surface area contributed by atoms with Crippen LogP contribution < -0.4 is 4.57 Å². The minimum absolute atomic E-state index is 0.738. The van der Waals surface area contributed by atoms with Gasteiger partial charge in [-0.15, -0.1) is 0 Å². The summed E-state index contributed by atoms with van der Waals surface area (Å²) < 4.78 is 4.40. The van der Waals surface area contributed by atoms with E-state index < -0.39 is 0 Å². The van der Waals surface area contributed by atoms with E-state index in [9.17, 15) is 0 Å².